The number of nitrogens with one attached hydrogen (secondary N) is 1. The van der Waals surface area contributed by atoms with E-state index in [9.17, 15) is 14.7 Å². The van der Waals surface area contributed by atoms with Gasteiger partial charge in [0.1, 0.15) is 18.5 Å². The number of carboxylic acid groups (broad SMARTS) is 1. The van der Waals surface area contributed by atoms with Gasteiger partial charge in [0.15, 0.2) is 0 Å². The normalized spacial score (nSPS) is 23.9. The summed E-state index contributed by atoms with van der Waals surface area (Å²) in [6.45, 7) is 11.5. The Labute approximate surface area is 224 Å². The number of hydrogen-bond donors (Lipinski definition) is 2. The number of aromatic nitrogens is 1. The number of rotatable bonds is 7. The first kappa shape index (κ1) is 26.1. The zero-order chi connectivity index (χ0) is 27.1. The molecule has 1 unspecified atom stereocenters. The van der Waals surface area contributed by atoms with Crippen molar-refractivity contribution >= 4 is 18.0 Å². The van der Waals surface area contributed by atoms with Crippen LogP contribution < -0.4 is 15.0 Å². The van der Waals surface area contributed by atoms with Crippen LogP contribution in [0.5, 0.6) is 5.88 Å². The van der Waals surface area contributed by atoms with Gasteiger partial charge in [-0.15, -0.1) is 0 Å². The highest BCUT2D eigenvalue weighted by atomic mass is 16.5. The second-order valence-electron chi connectivity index (χ2n) is 12.1. The van der Waals surface area contributed by atoms with Gasteiger partial charge in [-0.2, -0.15) is 4.98 Å². The molecule has 1 aliphatic carbocycles. The lowest BCUT2D eigenvalue weighted by atomic mass is 9.82. The second-order valence-corrected chi connectivity index (χ2v) is 12.1. The van der Waals surface area contributed by atoms with E-state index in [-0.39, 0.29) is 24.5 Å². The lowest BCUT2D eigenvalue weighted by Crippen LogP contribution is -2.42. The zero-order valence-electron chi connectivity index (χ0n) is 22.6. The number of ether oxygens (including phenoxy) is 2. The van der Waals surface area contributed by atoms with E-state index in [0.29, 0.717) is 24.4 Å². The standard InChI is InChI=1S/C29H38N4O5/c1-28(2)10-12-32(13-11-28)23-14-20(29(3,4)31-26(34)37-18-19-8-6-5-7-9-19)15-24(30-23)38-25-21-16-33(27(35)36)17-22(21)25/h5-9,14-15,21-22,25H,10-13,16-18H2,1-4H3,(H,31,34)(H,35,36)/t21-,22+,25?. The molecule has 1 saturated carbocycles. The molecule has 9 nitrogen and oxygen atoms in total. The number of likely N-dealkylation sites (tertiary alicyclic amines) is 1. The van der Waals surface area contributed by atoms with Gasteiger partial charge in [-0.25, -0.2) is 9.59 Å². The number of nitrogens with zero attached hydrogens (tertiary/aromatic N) is 3. The maximum absolute atomic E-state index is 12.7. The molecule has 3 fully saturated rings. The fraction of sp³-hybridized carbons (Fsp3) is 0.552. The van der Waals surface area contributed by atoms with Crippen LogP contribution in [0.2, 0.25) is 0 Å². The first-order chi connectivity index (χ1) is 18.0. The predicted molar refractivity (Wildman–Crippen MR) is 143 cm³/mol. The SMILES string of the molecule is CC1(C)CCN(c2cc(C(C)(C)NC(=O)OCc3ccccc3)cc(OC3[C@H]4CN(C(=O)O)C[C@@H]34)n2)CC1. The van der Waals surface area contributed by atoms with Gasteiger partial charge >= 0.3 is 12.2 Å². The molecule has 1 aromatic carbocycles. The van der Waals surface area contributed by atoms with Crippen molar-refractivity contribution in [2.75, 3.05) is 31.1 Å². The molecule has 3 atom stereocenters. The van der Waals surface area contributed by atoms with Gasteiger partial charge < -0.3 is 29.7 Å². The van der Waals surface area contributed by atoms with Crippen LogP contribution in [0.4, 0.5) is 15.4 Å². The molecular formula is C29H38N4O5. The topological polar surface area (TPSA) is 104 Å². The number of fused-ring (bicyclic) bond motifs is 1. The third-order valence-corrected chi connectivity index (χ3v) is 8.22. The molecule has 38 heavy (non-hydrogen) atoms. The fourth-order valence-electron chi connectivity index (χ4n) is 5.44. The molecule has 204 valence electrons. The quantitative estimate of drug-likeness (QED) is 0.535. The van der Waals surface area contributed by atoms with E-state index in [1.165, 1.54) is 4.90 Å². The highest BCUT2D eigenvalue weighted by molar-refractivity contribution is 5.69. The smallest absolute Gasteiger partial charge is 0.408 e. The number of anilines is 1. The van der Waals surface area contributed by atoms with Crippen molar-refractivity contribution < 1.29 is 24.2 Å². The summed E-state index contributed by atoms with van der Waals surface area (Å²) in [5.74, 6) is 1.75. The van der Waals surface area contributed by atoms with E-state index in [4.69, 9.17) is 14.5 Å². The minimum absolute atomic E-state index is 0.0339. The lowest BCUT2D eigenvalue weighted by Gasteiger charge is -2.38. The van der Waals surface area contributed by atoms with Crippen LogP contribution >= 0.6 is 0 Å². The van der Waals surface area contributed by atoms with E-state index in [2.05, 4.69) is 24.1 Å². The average Bonchev–Trinajstić information content (AvgIpc) is 3.29. The Bertz CT molecular complexity index is 1160. The average molecular weight is 523 g/mol. The van der Waals surface area contributed by atoms with E-state index in [1.807, 2.05) is 56.3 Å². The van der Waals surface area contributed by atoms with E-state index in [1.54, 1.807) is 0 Å². The highest BCUT2D eigenvalue weighted by Crippen LogP contribution is 2.48. The number of alkyl carbamates (subject to hydrolysis) is 1. The lowest BCUT2D eigenvalue weighted by molar-refractivity contribution is 0.129. The van der Waals surface area contributed by atoms with Crippen molar-refractivity contribution in [2.45, 2.75) is 58.8 Å². The number of amides is 2. The molecule has 2 amide bonds. The van der Waals surface area contributed by atoms with Crippen molar-refractivity contribution in [3.05, 3.63) is 53.6 Å². The summed E-state index contributed by atoms with van der Waals surface area (Å²) < 4.78 is 11.8. The van der Waals surface area contributed by atoms with E-state index in [0.717, 1.165) is 42.9 Å². The Kier molecular flexibility index (Phi) is 6.88. The monoisotopic (exact) mass is 522 g/mol. The molecule has 5 rings (SSSR count). The Hall–Kier alpha value is -3.49. The van der Waals surface area contributed by atoms with Crippen LogP contribution in [0.25, 0.3) is 0 Å². The third kappa shape index (κ3) is 5.81. The minimum Gasteiger partial charge on any atom is -0.474 e. The van der Waals surface area contributed by atoms with Crippen molar-refractivity contribution in [3.8, 4) is 5.88 Å². The first-order valence-electron chi connectivity index (χ1n) is 13.4. The molecule has 0 radical (unpaired) electrons. The van der Waals surface area contributed by atoms with Crippen LogP contribution in [0, 0.1) is 17.3 Å². The van der Waals surface area contributed by atoms with Crippen LogP contribution in [-0.2, 0) is 16.9 Å². The summed E-state index contributed by atoms with van der Waals surface area (Å²) in [6.07, 6.45) is 0.734. The maximum atomic E-state index is 12.7. The summed E-state index contributed by atoms with van der Waals surface area (Å²) in [4.78, 5) is 32.6. The Morgan fingerprint density at radius 3 is 2.39 bits per heavy atom. The molecular weight excluding hydrogens is 484 g/mol. The molecule has 9 heteroatoms. The van der Waals surface area contributed by atoms with Crippen LogP contribution in [-0.4, -0.2) is 59.5 Å². The molecule has 2 N–H and O–H groups in total. The first-order valence-corrected chi connectivity index (χ1v) is 13.4. The third-order valence-electron chi connectivity index (χ3n) is 8.22. The van der Waals surface area contributed by atoms with Gasteiger partial charge in [0.05, 0.1) is 5.54 Å². The van der Waals surface area contributed by atoms with Crippen molar-refractivity contribution in [2.24, 2.45) is 17.3 Å². The van der Waals surface area contributed by atoms with Gasteiger partial charge in [0.2, 0.25) is 5.88 Å². The van der Waals surface area contributed by atoms with E-state index >= 15 is 0 Å². The number of carbonyl (C=O) groups excluding carboxylic acids is 1. The molecule has 0 spiro atoms. The second kappa shape index (κ2) is 10.0. The van der Waals surface area contributed by atoms with Gasteiger partial charge in [0, 0.05) is 44.1 Å². The highest BCUT2D eigenvalue weighted by Gasteiger charge is 2.59. The molecule has 1 aromatic heterocycles. The van der Waals surface area contributed by atoms with Gasteiger partial charge in [-0.1, -0.05) is 44.2 Å². The summed E-state index contributed by atoms with van der Waals surface area (Å²) >= 11 is 0. The molecule has 3 aliphatic rings. The molecule has 2 saturated heterocycles. The molecule has 2 aliphatic heterocycles. The summed E-state index contributed by atoms with van der Waals surface area (Å²) in [5.41, 5.74) is 1.36. The molecule has 2 aromatic rings. The van der Waals surface area contributed by atoms with Crippen LogP contribution in [0.15, 0.2) is 42.5 Å². The summed E-state index contributed by atoms with van der Waals surface area (Å²) in [5, 5.41) is 12.3. The zero-order valence-corrected chi connectivity index (χ0v) is 22.6. The van der Waals surface area contributed by atoms with Gasteiger partial charge in [-0.05, 0) is 49.3 Å². The Balaban J connectivity index is 1.31. The van der Waals surface area contributed by atoms with Gasteiger partial charge in [0.25, 0.3) is 0 Å². The van der Waals surface area contributed by atoms with Crippen LogP contribution in [0.1, 0.15) is 51.7 Å². The Morgan fingerprint density at radius 1 is 1.11 bits per heavy atom. The number of piperidine rings is 2. The molecule has 0 bridgehead atoms. The molecule has 3 heterocycles. The number of hydrogen-bond acceptors (Lipinski definition) is 6. The summed E-state index contributed by atoms with van der Waals surface area (Å²) in [7, 11) is 0. The van der Waals surface area contributed by atoms with Gasteiger partial charge in [-0.3, -0.25) is 0 Å². The van der Waals surface area contributed by atoms with Crippen LogP contribution in [0.3, 0.4) is 0 Å². The number of carbonyl (C=O) groups is 2. The Morgan fingerprint density at radius 2 is 1.76 bits per heavy atom. The predicted octanol–water partition coefficient (Wildman–Crippen LogP) is 4.86. The van der Waals surface area contributed by atoms with Crippen molar-refractivity contribution in [1.29, 1.82) is 0 Å². The number of pyridine rings is 1. The van der Waals surface area contributed by atoms with Crippen molar-refractivity contribution in [3.63, 3.8) is 0 Å². The largest absolute Gasteiger partial charge is 0.474 e. The number of benzene rings is 1. The van der Waals surface area contributed by atoms with E-state index < -0.39 is 17.7 Å². The maximum Gasteiger partial charge on any atom is 0.408 e. The van der Waals surface area contributed by atoms with Crippen molar-refractivity contribution in [1.82, 2.24) is 15.2 Å². The fourth-order valence-corrected chi connectivity index (χ4v) is 5.44. The minimum atomic E-state index is -0.877. The summed E-state index contributed by atoms with van der Waals surface area (Å²) in [6, 6.07) is 13.5.